The molecule has 22 heavy (non-hydrogen) atoms. The molecule has 0 aliphatic heterocycles. The van der Waals surface area contributed by atoms with Gasteiger partial charge >= 0.3 is 0 Å². The van der Waals surface area contributed by atoms with Crippen LogP contribution < -0.4 is 5.32 Å². The summed E-state index contributed by atoms with van der Waals surface area (Å²) < 4.78 is 1.71. The van der Waals surface area contributed by atoms with E-state index in [-0.39, 0.29) is 0 Å². The minimum atomic E-state index is -0.889. The lowest BCUT2D eigenvalue weighted by Gasteiger charge is -2.38. The quantitative estimate of drug-likeness (QED) is 0.891. The van der Waals surface area contributed by atoms with E-state index < -0.39 is 5.60 Å². The zero-order valence-corrected chi connectivity index (χ0v) is 13.7. The summed E-state index contributed by atoms with van der Waals surface area (Å²) in [6, 6.07) is 8.57. The lowest BCUT2D eigenvalue weighted by molar-refractivity contribution is 0.0489. The van der Waals surface area contributed by atoms with Crippen molar-refractivity contribution in [2.45, 2.75) is 37.3 Å². The van der Waals surface area contributed by atoms with Crippen molar-refractivity contribution in [2.24, 2.45) is 7.05 Å². The number of hydrogen-bond donors (Lipinski definition) is 2. The van der Waals surface area contributed by atoms with E-state index in [2.05, 4.69) is 22.5 Å². The molecule has 1 aliphatic carbocycles. The Kier molecular flexibility index (Phi) is 4.26. The first-order valence-corrected chi connectivity index (χ1v) is 8.02. The molecule has 1 aromatic heterocycles. The summed E-state index contributed by atoms with van der Waals surface area (Å²) in [6.45, 7) is 2.36. The fourth-order valence-corrected chi connectivity index (χ4v) is 3.06. The van der Waals surface area contributed by atoms with Crippen LogP contribution in [0.4, 0.5) is 0 Å². The Morgan fingerprint density at radius 1 is 1.36 bits per heavy atom. The van der Waals surface area contributed by atoms with Crippen LogP contribution in [0.15, 0.2) is 36.7 Å². The number of nitrogens with one attached hydrogen (secondary N) is 1. The Balaban J connectivity index is 1.49. The summed E-state index contributed by atoms with van der Waals surface area (Å²) in [7, 11) is 1.86. The van der Waals surface area contributed by atoms with Crippen molar-refractivity contribution in [1.82, 2.24) is 15.1 Å². The summed E-state index contributed by atoms with van der Waals surface area (Å²) in [5.41, 5.74) is 1.30. The fraction of sp³-hybridized carbons (Fsp3) is 0.471. The van der Waals surface area contributed by atoms with Gasteiger partial charge in [-0.05, 0) is 43.4 Å². The monoisotopic (exact) mass is 319 g/mol. The smallest absolute Gasteiger partial charge is 0.102 e. The van der Waals surface area contributed by atoms with Gasteiger partial charge in [0.1, 0.15) is 5.60 Å². The second-order valence-corrected chi connectivity index (χ2v) is 6.91. The summed E-state index contributed by atoms with van der Waals surface area (Å²) in [6.07, 6.45) is 5.79. The molecule has 4 nitrogen and oxygen atoms in total. The molecule has 2 N–H and O–H groups in total. The largest absolute Gasteiger partial charge is 0.384 e. The Morgan fingerprint density at radius 3 is 2.64 bits per heavy atom. The van der Waals surface area contributed by atoms with Crippen molar-refractivity contribution in [3.63, 3.8) is 0 Å². The number of aryl methyl sites for hydroxylation is 1. The minimum absolute atomic E-state index is 0.462. The van der Waals surface area contributed by atoms with Gasteiger partial charge in [0.2, 0.25) is 0 Å². The van der Waals surface area contributed by atoms with Gasteiger partial charge in [0.25, 0.3) is 0 Å². The molecule has 0 unspecified atom stereocenters. The predicted octanol–water partition coefficient (Wildman–Crippen LogP) is 2.82. The molecule has 0 saturated heterocycles. The van der Waals surface area contributed by atoms with Gasteiger partial charge in [0.05, 0.1) is 6.20 Å². The highest BCUT2D eigenvalue weighted by molar-refractivity contribution is 6.30. The summed E-state index contributed by atoms with van der Waals surface area (Å²) in [5, 5.41) is 18.9. The molecular weight excluding hydrogens is 298 g/mol. The summed E-state index contributed by atoms with van der Waals surface area (Å²) in [4.78, 5) is 0. The molecule has 2 aromatic rings. The van der Waals surface area contributed by atoms with E-state index in [0.29, 0.717) is 18.5 Å². The van der Waals surface area contributed by atoms with E-state index in [1.54, 1.807) is 10.9 Å². The Hall–Kier alpha value is -1.36. The summed E-state index contributed by atoms with van der Waals surface area (Å²) >= 11 is 5.92. The SMILES string of the molecule is Cn1cc([C@@](C)(O)CNC2CC(c3ccc(Cl)cc3)C2)cn1. The molecule has 1 fully saturated rings. The number of halogens is 1. The molecule has 0 bridgehead atoms. The standard InChI is InChI=1S/C17H22ClN3O/c1-17(22,14-9-20-21(2)10-14)11-19-16-7-13(8-16)12-3-5-15(18)6-4-12/h3-6,9-10,13,16,19,22H,7-8,11H2,1-2H3/t13?,16?,17-/m0/s1. The van der Waals surface area contributed by atoms with E-state index >= 15 is 0 Å². The fourth-order valence-electron chi connectivity index (χ4n) is 2.94. The maximum absolute atomic E-state index is 10.6. The third-order valence-electron chi connectivity index (χ3n) is 4.54. The van der Waals surface area contributed by atoms with Crippen LogP contribution in [0.1, 0.15) is 36.8 Å². The molecule has 0 amide bonds. The number of nitrogens with zero attached hydrogens (tertiary/aromatic N) is 2. The third kappa shape index (κ3) is 3.35. The van der Waals surface area contributed by atoms with Crippen LogP contribution in [0.2, 0.25) is 5.02 Å². The molecule has 0 radical (unpaired) electrons. The maximum atomic E-state index is 10.6. The van der Waals surface area contributed by atoms with Crippen LogP contribution in [0.3, 0.4) is 0 Å². The van der Waals surface area contributed by atoms with Crippen molar-refractivity contribution in [2.75, 3.05) is 6.54 Å². The first-order chi connectivity index (χ1) is 10.4. The van der Waals surface area contributed by atoms with E-state index in [0.717, 1.165) is 23.4 Å². The molecule has 1 aliphatic rings. The van der Waals surface area contributed by atoms with Gasteiger partial charge in [-0.1, -0.05) is 23.7 Å². The molecule has 3 rings (SSSR count). The highest BCUT2D eigenvalue weighted by atomic mass is 35.5. The van der Waals surface area contributed by atoms with Crippen LogP contribution in [0, 0.1) is 0 Å². The third-order valence-corrected chi connectivity index (χ3v) is 4.79. The molecule has 1 heterocycles. The number of aromatic nitrogens is 2. The van der Waals surface area contributed by atoms with E-state index in [1.165, 1.54) is 5.56 Å². The Labute approximate surface area is 136 Å². The normalized spacial score (nSPS) is 23.8. The zero-order chi connectivity index (χ0) is 15.7. The van der Waals surface area contributed by atoms with E-state index in [9.17, 15) is 5.11 Å². The van der Waals surface area contributed by atoms with Crippen LogP contribution in [0.25, 0.3) is 0 Å². The predicted molar refractivity (Wildman–Crippen MR) is 88.0 cm³/mol. The van der Waals surface area contributed by atoms with Crippen LogP contribution in [-0.4, -0.2) is 27.5 Å². The van der Waals surface area contributed by atoms with Crippen molar-refractivity contribution in [3.8, 4) is 0 Å². The van der Waals surface area contributed by atoms with Gasteiger partial charge in [0, 0.05) is 36.4 Å². The average molecular weight is 320 g/mol. The second-order valence-electron chi connectivity index (χ2n) is 6.47. The Bertz CT molecular complexity index is 630. The van der Waals surface area contributed by atoms with E-state index in [4.69, 9.17) is 11.6 Å². The molecular formula is C17H22ClN3O. The highest BCUT2D eigenvalue weighted by Crippen LogP contribution is 2.37. The van der Waals surface area contributed by atoms with Crippen molar-refractivity contribution in [1.29, 1.82) is 0 Å². The molecule has 118 valence electrons. The number of rotatable bonds is 5. The average Bonchev–Trinajstić information content (AvgIpc) is 2.86. The highest BCUT2D eigenvalue weighted by Gasteiger charge is 2.32. The van der Waals surface area contributed by atoms with Crippen molar-refractivity contribution < 1.29 is 5.11 Å². The van der Waals surface area contributed by atoms with Gasteiger partial charge in [-0.15, -0.1) is 0 Å². The van der Waals surface area contributed by atoms with Gasteiger partial charge in [-0.2, -0.15) is 5.10 Å². The topological polar surface area (TPSA) is 50.1 Å². The lowest BCUT2D eigenvalue weighted by Crippen LogP contribution is -2.46. The second kappa shape index (κ2) is 6.03. The lowest BCUT2D eigenvalue weighted by atomic mass is 9.75. The van der Waals surface area contributed by atoms with Crippen LogP contribution in [-0.2, 0) is 12.6 Å². The summed E-state index contributed by atoms with van der Waals surface area (Å²) in [5.74, 6) is 0.595. The molecule has 1 saturated carbocycles. The molecule has 0 spiro atoms. The van der Waals surface area contributed by atoms with Crippen molar-refractivity contribution in [3.05, 3.63) is 52.8 Å². The first-order valence-electron chi connectivity index (χ1n) is 7.64. The van der Waals surface area contributed by atoms with Gasteiger partial charge in [0.15, 0.2) is 0 Å². The number of benzene rings is 1. The minimum Gasteiger partial charge on any atom is -0.384 e. The molecule has 5 heteroatoms. The molecule has 1 atom stereocenters. The van der Waals surface area contributed by atoms with Crippen molar-refractivity contribution >= 4 is 11.6 Å². The Morgan fingerprint density at radius 2 is 2.05 bits per heavy atom. The number of aliphatic hydroxyl groups is 1. The van der Waals surface area contributed by atoms with Crippen LogP contribution >= 0.6 is 11.6 Å². The first kappa shape index (κ1) is 15.5. The van der Waals surface area contributed by atoms with Gasteiger partial charge in [-0.3, -0.25) is 4.68 Å². The van der Waals surface area contributed by atoms with Gasteiger partial charge in [-0.25, -0.2) is 0 Å². The van der Waals surface area contributed by atoms with Gasteiger partial charge < -0.3 is 10.4 Å². The number of hydrogen-bond acceptors (Lipinski definition) is 3. The zero-order valence-electron chi connectivity index (χ0n) is 13.0. The van der Waals surface area contributed by atoms with Crippen LogP contribution in [0.5, 0.6) is 0 Å². The molecule has 1 aromatic carbocycles. The maximum Gasteiger partial charge on any atom is 0.102 e. The van der Waals surface area contributed by atoms with E-state index in [1.807, 2.05) is 32.3 Å².